The molecule has 0 saturated carbocycles. The zero-order valence-electron chi connectivity index (χ0n) is 11.3. The summed E-state index contributed by atoms with van der Waals surface area (Å²) in [6.45, 7) is 1.90. The molecule has 0 unspecified atom stereocenters. The molecule has 0 atom stereocenters. The Labute approximate surface area is 120 Å². The van der Waals surface area contributed by atoms with Gasteiger partial charge in [0.1, 0.15) is 0 Å². The molecule has 0 heterocycles. The normalized spacial score (nSPS) is 15.2. The van der Waals surface area contributed by atoms with Crippen LogP contribution < -0.4 is 4.72 Å². The number of sulfonamides is 1. The third kappa shape index (κ3) is 3.71. The van der Waals surface area contributed by atoms with E-state index in [1.165, 1.54) is 0 Å². The largest absolute Gasteiger partial charge is 0.280 e. The molecule has 1 aliphatic rings. The molecule has 3 nitrogen and oxygen atoms in total. The van der Waals surface area contributed by atoms with Crippen molar-refractivity contribution < 1.29 is 8.42 Å². The summed E-state index contributed by atoms with van der Waals surface area (Å²) in [6.07, 6.45) is 13.8. The Hall–Kier alpha value is -2.07. The molecule has 0 amide bonds. The van der Waals surface area contributed by atoms with Crippen molar-refractivity contribution >= 4 is 16.1 Å². The topological polar surface area (TPSA) is 46.2 Å². The van der Waals surface area contributed by atoms with Gasteiger partial charge in [0.2, 0.25) is 0 Å². The van der Waals surface area contributed by atoms with Gasteiger partial charge in [0.25, 0.3) is 10.0 Å². The Morgan fingerprint density at radius 3 is 2.90 bits per heavy atom. The fraction of sp³-hybridized carbons (Fsp3) is 0.125. The maximum absolute atomic E-state index is 12.3. The van der Waals surface area contributed by atoms with Gasteiger partial charge < -0.3 is 0 Å². The van der Waals surface area contributed by atoms with Crippen molar-refractivity contribution in [1.29, 1.82) is 0 Å². The molecule has 0 aliphatic heterocycles. The van der Waals surface area contributed by atoms with Crippen LogP contribution in [0.5, 0.6) is 0 Å². The zero-order chi connectivity index (χ0) is 14.4. The third-order valence-corrected chi connectivity index (χ3v) is 4.14. The lowest BCUT2D eigenvalue weighted by Crippen LogP contribution is -2.22. The Balaban J connectivity index is 2.28. The van der Waals surface area contributed by atoms with Gasteiger partial charge in [-0.15, -0.1) is 0 Å². The lowest BCUT2D eigenvalue weighted by molar-refractivity contribution is 0.589. The first-order valence-corrected chi connectivity index (χ1v) is 7.89. The molecule has 20 heavy (non-hydrogen) atoms. The molecule has 4 heteroatoms. The first kappa shape index (κ1) is 14.3. The average molecular weight is 287 g/mol. The highest BCUT2D eigenvalue weighted by Gasteiger charge is 2.14. The van der Waals surface area contributed by atoms with Crippen LogP contribution in [-0.4, -0.2) is 8.42 Å². The van der Waals surface area contributed by atoms with Crippen LogP contribution in [-0.2, 0) is 10.0 Å². The minimum Gasteiger partial charge on any atom is -0.280 e. The van der Waals surface area contributed by atoms with Gasteiger partial charge >= 0.3 is 0 Å². The van der Waals surface area contributed by atoms with Crippen LogP contribution in [0, 0.1) is 0 Å². The SMILES string of the molecule is C/C=C/c1cccc(S(=O)(=O)NC2=CC=CCC=C2)c1. The van der Waals surface area contributed by atoms with E-state index in [4.69, 9.17) is 0 Å². The van der Waals surface area contributed by atoms with Crippen LogP contribution in [0.15, 0.2) is 71.3 Å². The molecular weight excluding hydrogens is 270 g/mol. The first-order valence-electron chi connectivity index (χ1n) is 6.41. The predicted octanol–water partition coefficient (Wildman–Crippen LogP) is 3.40. The molecule has 0 aromatic heterocycles. The molecule has 0 fully saturated rings. The van der Waals surface area contributed by atoms with Gasteiger partial charge in [-0.3, -0.25) is 4.72 Å². The maximum atomic E-state index is 12.3. The van der Waals surface area contributed by atoms with E-state index in [0.717, 1.165) is 12.0 Å². The highest BCUT2D eigenvalue weighted by Crippen LogP contribution is 2.14. The maximum Gasteiger partial charge on any atom is 0.261 e. The van der Waals surface area contributed by atoms with E-state index >= 15 is 0 Å². The molecular formula is C16H17NO2S. The highest BCUT2D eigenvalue weighted by molar-refractivity contribution is 7.89. The fourth-order valence-electron chi connectivity index (χ4n) is 1.84. The van der Waals surface area contributed by atoms with Crippen LogP contribution in [0.25, 0.3) is 6.08 Å². The minimum atomic E-state index is -3.55. The van der Waals surface area contributed by atoms with E-state index in [1.54, 1.807) is 30.4 Å². The van der Waals surface area contributed by atoms with Crippen molar-refractivity contribution in [2.75, 3.05) is 0 Å². The summed E-state index contributed by atoms with van der Waals surface area (Å²) in [4.78, 5) is 0.260. The van der Waals surface area contributed by atoms with Crippen molar-refractivity contribution in [2.24, 2.45) is 0 Å². The standard InChI is InChI=1S/C16H17NO2S/c1-2-8-14-9-7-12-16(13-14)20(18,19)17-15-10-5-3-4-6-11-15/h2-3,5-13,17H,4H2,1H3/b8-2+. The predicted molar refractivity (Wildman–Crippen MR) is 82.5 cm³/mol. The Kier molecular flexibility index (Phi) is 4.58. The summed E-state index contributed by atoms with van der Waals surface area (Å²) in [5.41, 5.74) is 1.43. The Bertz CT molecular complexity index is 695. The Morgan fingerprint density at radius 1 is 1.25 bits per heavy atom. The fourth-order valence-corrected chi connectivity index (χ4v) is 2.95. The summed E-state index contributed by atoms with van der Waals surface area (Å²) in [6, 6.07) is 6.85. The van der Waals surface area contributed by atoms with Crippen LogP contribution >= 0.6 is 0 Å². The van der Waals surface area contributed by atoms with E-state index in [9.17, 15) is 8.42 Å². The van der Waals surface area contributed by atoms with Crippen LogP contribution in [0.1, 0.15) is 18.9 Å². The van der Waals surface area contributed by atoms with Crippen molar-refractivity contribution in [2.45, 2.75) is 18.2 Å². The first-order chi connectivity index (χ1) is 9.62. The molecule has 1 aromatic rings. The molecule has 0 saturated heterocycles. The smallest absolute Gasteiger partial charge is 0.261 e. The molecule has 104 valence electrons. The summed E-state index contributed by atoms with van der Waals surface area (Å²) < 4.78 is 27.3. The van der Waals surface area contributed by atoms with E-state index in [2.05, 4.69) is 4.72 Å². The summed E-state index contributed by atoms with van der Waals surface area (Å²) in [5, 5.41) is 0. The number of rotatable bonds is 4. The number of hydrogen-bond donors (Lipinski definition) is 1. The van der Waals surface area contributed by atoms with Gasteiger partial charge in [-0.1, -0.05) is 42.5 Å². The van der Waals surface area contributed by atoms with Gasteiger partial charge in [0, 0.05) is 5.70 Å². The number of nitrogens with one attached hydrogen (secondary N) is 1. The van der Waals surface area contributed by atoms with Crippen molar-refractivity contribution in [3.8, 4) is 0 Å². The second-order valence-electron chi connectivity index (χ2n) is 4.37. The lowest BCUT2D eigenvalue weighted by atomic mass is 10.2. The quantitative estimate of drug-likeness (QED) is 0.922. The van der Waals surface area contributed by atoms with Gasteiger partial charge in [0.05, 0.1) is 4.90 Å². The monoisotopic (exact) mass is 287 g/mol. The van der Waals surface area contributed by atoms with Gasteiger partial charge in [-0.05, 0) is 43.2 Å². The highest BCUT2D eigenvalue weighted by atomic mass is 32.2. The number of hydrogen-bond acceptors (Lipinski definition) is 2. The van der Waals surface area contributed by atoms with Crippen LogP contribution in [0.4, 0.5) is 0 Å². The molecule has 0 bridgehead atoms. The van der Waals surface area contributed by atoms with E-state index < -0.39 is 10.0 Å². The minimum absolute atomic E-state index is 0.260. The molecule has 1 aromatic carbocycles. The van der Waals surface area contributed by atoms with Crippen molar-refractivity contribution in [3.05, 3.63) is 72.0 Å². The second-order valence-corrected chi connectivity index (χ2v) is 6.05. The summed E-state index contributed by atoms with van der Waals surface area (Å²) in [7, 11) is -3.55. The van der Waals surface area contributed by atoms with Crippen LogP contribution in [0.3, 0.4) is 0 Å². The van der Waals surface area contributed by atoms with E-state index in [0.29, 0.717) is 5.70 Å². The molecule has 0 spiro atoms. The number of allylic oxidation sites excluding steroid dienone is 6. The van der Waals surface area contributed by atoms with Gasteiger partial charge in [-0.2, -0.15) is 0 Å². The van der Waals surface area contributed by atoms with E-state index in [1.807, 2.05) is 43.4 Å². The van der Waals surface area contributed by atoms with Crippen molar-refractivity contribution in [1.82, 2.24) is 4.72 Å². The summed E-state index contributed by atoms with van der Waals surface area (Å²) >= 11 is 0. The van der Waals surface area contributed by atoms with Crippen LogP contribution in [0.2, 0.25) is 0 Å². The average Bonchev–Trinajstić information content (AvgIpc) is 2.68. The van der Waals surface area contributed by atoms with Crippen molar-refractivity contribution in [3.63, 3.8) is 0 Å². The third-order valence-electron chi connectivity index (χ3n) is 2.76. The summed E-state index contributed by atoms with van der Waals surface area (Å²) in [5.74, 6) is 0. The Morgan fingerprint density at radius 2 is 2.10 bits per heavy atom. The zero-order valence-corrected chi connectivity index (χ0v) is 12.1. The molecule has 0 radical (unpaired) electrons. The second kappa shape index (κ2) is 6.39. The molecule has 1 aliphatic carbocycles. The van der Waals surface area contributed by atoms with Gasteiger partial charge in [-0.25, -0.2) is 8.42 Å². The number of benzene rings is 1. The molecule has 2 rings (SSSR count). The van der Waals surface area contributed by atoms with E-state index in [-0.39, 0.29) is 4.90 Å². The lowest BCUT2D eigenvalue weighted by Gasteiger charge is -2.09. The molecule has 1 N–H and O–H groups in total. The van der Waals surface area contributed by atoms with Gasteiger partial charge in [0.15, 0.2) is 0 Å².